The normalized spacial score (nSPS) is 39.7. The van der Waals surface area contributed by atoms with Gasteiger partial charge in [0.15, 0.2) is 0 Å². The van der Waals surface area contributed by atoms with E-state index in [1.165, 1.54) is 31.3 Å². The Bertz CT molecular complexity index is 247. The number of hydrogen-bond donors (Lipinski definition) is 0. The molecule has 0 N–H and O–H groups in total. The van der Waals surface area contributed by atoms with Crippen molar-refractivity contribution in [1.82, 2.24) is 0 Å². The molecule has 0 spiro atoms. The molecule has 0 aromatic rings. The second-order valence-corrected chi connectivity index (χ2v) is 4.91. The molecule has 1 saturated carbocycles. The maximum absolute atomic E-state index is 4.23. The predicted molar refractivity (Wildman–Crippen MR) is 57.5 cm³/mol. The fraction of sp³-hybridized carbons (Fsp3) is 0.692. The van der Waals surface area contributed by atoms with Crippen molar-refractivity contribution < 1.29 is 0 Å². The lowest BCUT2D eigenvalue weighted by atomic mass is 9.66. The smallest absolute Gasteiger partial charge is 0.0137 e. The van der Waals surface area contributed by atoms with Gasteiger partial charge in [-0.05, 0) is 50.4 Å². The van der Waals surface area contributed by atoms with Gasteiger partial charge in [-0.2, -0.15) is 0 Å². The van der Waals surface area contributed by atoms with Crippen LogP contribution in [0, 0.1) is 17.8 Å². The van der Waals surface area contributed by atoms with E-state index >= 15 is 0 Å². The Morgan fingerprint density at radius 1 is 1.31 bits per heavy atom. The highest BCUT2D eigenvalue weighted by Gasteiger charge is 2.33. The molecule has 0 radical (unpaired) electrons. The molecule has 13 heavy (non-hydrogen) atoms. The molecule has 72 valence electrons. The minimum Gasteiger partial charge on any atom is -0.0996 e. The van der Waals surface area contributed by atoms with Crippen molar-refractivity contribution in [2.24, 2.45) is 17.8 Å². The van der Waals surface area contributed by atoms with Crippen LogP contribution in [0.4, 0.5) is 0 Å². The predicted octanol–water partition coefficient (Wildman–Crippen LogP) is 3.95. The number of allylic oxidation sites excluding steroid dienone is 3. The molecule has 0 nitrogen and oxygen atoms in total. The van der Waals surface area contributed by atoms with Gasteiger partial charge in [-0.25, -0.2) is 0 Å². The van der Waals surface area contributed by atoms with E-state index in [4.69, 9.17) is 0 Å². The molecule has 2 rings (SSSR count). The molecular formula is C13H20. The van der Waals surface area contributed by atoms with Gasteiger partial charge >= 0.3 is 0 Å². The zero-order chi connectivity index (χ0) is 9.42. The van der Waals surface area contributed by atoms with Gasteiger partial charge in [0.05, 0.1) is 0 Å². The van der Waals surface area contributed by atoms with Gasteiger partial charge in [0.1, 0.15) is 0 Å². The lowest BCUT2D eigenvalue weighted by Crippen LogP contribution is -2.29. The summed E-state index contributed by atoms with van der Waals surface area (Å²) in [5.74, 6) is 2.51. The second-order valence-electron chi connectivity index (χ2n) is 4.91. The summed E-state index contributed by atoms with van der Waals surface area (Å²) in [6, 6.07) is 0. The summed E-state index contributed by atoms with van der Waals surface area (Å²) in [4.78, 5) is 0. The molecule has 0 saturated heterocycles. The van der Waals surface area contributed by atoms with Gasteiger partial charge in [0.2, 0.25) is 0 Å². The summed E-state index contributed by atoms with van der Waals surface area (Å²) in [5, 5.41) is 0. The zero-order valence-corrected chi connectivity index (χ0v) is 8.84. The third-order valence-corrected chi connectivity index (χ3v) is 3.89. The monoisotopic (exact) mass is 176 g/mol. The molecule has 0 aromatic carbocycles. The van der Waals surface area contributed by atoms with E-state index in [2.05, 4.69) is 26.5 Å². The molecule has 0 bridgehead atoms. The second kappa shape index (κ2) is 3.32. The molecule has 2 aliphatic rings. The van der Waals surface area contributed by atoms with E-state index in [0.717, 1.165) is 17.8 Å². The minimum absolute atomic E-state index is 0.812. The Kier molecular flexibility index (Phi) is 2.31. The Balaban J connectivity index is 2.23. The highest BCUT2D eigenvalue weighted by molar-refractivity contribution is 5.18. The minimum atomic E-state index is 0.812. The Morgan fingerprint density at radius 3 is 2.85 bits per heavy atom. The zero-order valence-electron chi connectivity index (χ0n) is 8.84. The van der Waals surface area contributed by atoms with Crippen LogP contribution in [-0.2, 0) is 0 Å². The van der Waals surface area contributed by atoms with Crippen LogP contribution in [0.1, 0.15) is 39.5 Å². The van der Waals surface area contributed by atoms with Gasteiger partial charge in [0.25, 0.3) is 0 Å². The summed E-state index contributed by atoms with van der Waals surface area (Å²) in [5.41, 5.74) is 3.12. The quantitative estimate of drug-likeness (QED) is 0.490. The summed E-state index contributed by atoms with van der Waals surface area (Å²) >= 11 is 0. The maximum atomic E-state index is 4.23. The molecule has 3 unspecified atom stereocenters. The molecule has 0 amide bonds. The molecular weight excluding hydrogens is 156 g/mol. The first-order chi connectivity index (χ1) is 6.18. The molecule has 3 atom stereocenters. The van der Waals surface area contributed by atoms with Crippen LogP contribution in [0.25, 0.3) is 0 Å². The van der Waals surface area contributed by atoms with E-state index < -0.39 is 0 Å². The standard InChI is InChI=1S/C13H20/c1-9-4-7-12-10(2)5-6-11(3)13(12)8-9/h8,11-13H,2,4-7H2,1,3H3. The van der Waals surface area contributed by atoms with Crippen LogP contribution in [0.5, 0.6) is 0 Å². The fourth-order valence-electron chi connectivity index (χ4n) is 2.93. The van der Waals surface area contributed by atoms with E-state index in [-0.39, 0.29) is 0 Å². The van der Waals surface area contributed by atoms with Crippen molar-refractivity contribution in [3.8, 4) is 0 Å². The van der Waals surface area contributed by atoms with E-state index in [9.17, 15) is 0 Å². The lowest BCUT2D eigenvalue weighted by Gasteiger charge is -2.39. The summed E-state index contributed by atoms with van der Waals surface area (Å²) in [6.07, 6.45) is 7.80. The van der Waals surface area contributed by atoms with Gasteiger partial charge in [-0.3, -0.25) is 0 Å². The highest BCUT2D eigenvalue weighted by Crippen LogP contribution is 2.44. The van der Waals surface area contributed by atoms with E-state index in [1.54, 1.807) is 5.57 Å². The third kappa shape index (κ3) is 1.59. The lowest BCUT2D eigenvalue weighted by molar-refractivity contribution is 0.245. The van der Waals surface area contributed by atoms with Crippen LogP contribution >= 0.6 is 0 Å². The SMILES string of the molecule is C=C1CCC(C)C2C=C(C)CCC12. The maximum Gasteiger partial charge on any atom is -0.0137 e. The van der Waals surface area contributed by atoms with Crippen LogP contribution in [-0.4, -0.2) is 0 Å². The summed E-state index contributed by atoms with van der Waals surface area (Å²) < 4.78 is 0. The van der Waals surface area contributed by atoms with E-state index in [0.29, 0.717) is 0 Å². The molecule has 0 aliphatic heterocycles. The first-order valence-electron chi connectivity index (χ1n) is 5.53. The van der Waals surface area contributed by atoms with Crippen molar-refractivity contribution in [1.29, 1.82) is 0 Å². The first kappa shape index (κ1) is 9.05. The third-order valence-electron chi connectivity index (χ3n) is 3.89. The van der Waals surface area contributed by atoms with Crippen molar-refractivity contribution >= 4 is 0 Å². The fourth-order valence-corrected chi connectivity index (χ4v) is 2.93. The van der Waals surface area contributed by atoms with Gasteiger partial charge in [-0.15, -0.1) is 0 Å². The molecule has 1 fully saturated rings. The average molecular weight is 176 g/mol. The largest absolute Gasteiger partial charge is 0.0996 e. The molecule has 2 aliphatic carbocycles. The summed E-state index contributed by atoms with van der Waals surface area (Å²) in [7, 11) is 0. The average Bonchev–Trinajstić information content (AvgIpc) is 2.12. The topological polar surface area (TPSA) is 0 Å². The van der Waals surface area contributed by atoms with E-state index in [1.807, 2.05) is 0 Å². The van der Waals surface area contributed by atoms with Crippen molar-refractivity contribution in [3.63, 3.8) is 0 Å². The molecule has 0 heteroatoms. The Labute approximate surface area is 81.7 Å². The van der Waals surface area contributed by atoms with Gasteiger partial charge in [0, 0.05) is 0 Å². The van der Waals surface area contributed by atoms with Gasteiger partial charge in [-0.1, -0.05) is 30.7 Å². The Hall–Kier alpha value is -0.520. The number of rotatable bonds is 0. The number of hydrogen-bond acceptors (Lipinski definition) is 0. The number of fused-ring (bicyclic) bond motifs is 1. The molecule has 0 heterocycles. The van der Waals surface area contributed by atoms with Crippen LogP contribution in [0.15, 0.2) is 23.8 Å². The Morgan fingerprint density at radius 2 is 2.08 bits per heavy atom. The van der Waals surface area contributed by atoms with Crippen molar-refractivity contribution in [2.45, 2.75) is 39.5 Å². The van der Waals surface area contributed by atoms with Gasteiger partial charge < -0.3 is 0 Å². The molecule has 0 aromatic heterocycles. The van der Waals surface area contributed by atoms with Crippen molar-refractivity contribution in [3.05, 3.63) is 23.8 Å². The van der Waals surface area contributed by atoms with Crippen LogP contribution in [0.2, 0.25) is 0 Å². The van der Waals surface area contributed by atoms with Crippen LogP contribution < -0.4 is 0 Å². The highest BCUT2D eigenvalue weighted by atomic mass is 14.4. The van der Waals surface area contributed by atoms with Crippen molar-refractivity contribution in [2.75, 3.05) is 0 Å². The van der Waals surface area contributed by atoms with Crippen LogP contribution in [0.3, 0.4) is 0 Å². The first-order valence-corrected chi connectivity index (χ1v) is 5.53. The summed E-state index contributed by atoms with van der Waals surface area (Å²) in [6.45, 7) is 8.91.